The Bertz CT molecular complexity index is 714. The first-order chi connectivity index (χ1) is 12.1. The zero-order valence-corrected chi connectivity index (χ0v) is 14.8. The zero-order valence-electron chi connectivity index (χ0n) is 14.8. The topological polar surface area (TPSA) is 74.5 Å². The maximum atomic E-state index is 11.5. The Morgan fingerprint density at radius 3 is 2.64 bits per heavy atom. The number of carbonyl (C=O) groups is 1. The molecule has 0 radical (unpaired) electrons. The third kappa shape index (κ3) is 4.15. The van der Waals surface area contributed by atoms with Crippen LogP contribution in [0, 0.1) is 6.92 Å². The summed E-state index contributed by atoms with van der Waals surface area (Å²) in [6.07, 6.45) is 2.42. The molecule has 1 aromatic heterocycles. The summed E-state index contributed by atoms with van der Waals surface area (Å²) in [5, 5.41) is 0. The molecule has 1 aliphatic rings. The van der Waals surface area contributed by atoms with Gasteiger partial charge < -0.3 is 9.80 Å². The van der Waals surface area contributed by atoms with Crippen molar-refractivity contribution in [3.63, 3.8) is 0 Å². The Labute approximate surface area is 148 Å². The van der Waals surface area contributed by atoms with Crippen LogP contribution in [0.4, 0.5) is 5.69 Å². The number of piperazine rings is 1. The summed E-state index contributed by atoms with van der Waals surface area (Å²) in [6, 6.07) is 12.7. The van der Waals surface area contributed by atoms with Crippen LogP contribution in [0.3, 0.4) is 0 Å². The third-order valence-corrected chi connectivity index (χ3v) is 4.71. The van der Waals surface area contributed by atoms with Gasteiger partial charge in [0.1, 0.15) is 0 Å². The Balaban J connectivity index is 1.77. The number of aryl methyl sites for hydroxylation is 1. The van der Waals surface area contributed by atoms with E-state index >= 15 is 0 Å². The van der Waals surface area contributed by atoms with Crippen molar-refractivity contribution in [1.29, 1.82) is 0 Å². The molecule has 1 unspecified atom stereocenters. The van der Waals surface area contributed by atoms with Crippen molar-refractivity contribution in [2.24, 2.45) is 5.84 Å². The number of benzene rings is 1. The number of nitrogens with zero attached hydrogens (tertiary/aromatic N) is 3. The van der Waals surface area contributed by atoms with Crippen LogP contribution in [0.5, 0.6) is 0 Å². The van der Waals surface area contributed by atoms with Crippen LogP contribution in [0.1, 0.15) is 21.6 Å². The molecule has 0 saturated carbocycles. The van der Waals surface area contributed by atoms with E-state index in [0.29, 0.717) is 11.6 Å². The molecular formula is C19H25N5O. The lowest BCUT2D eigenvalue weighted by Gasteiger charge is -2.41. The lowest BCUT2D eigenvalue weighted by Crippen LogP contribution is -2.53. The molecule has 6 heteroatoms. The highest BCUT2D eigenvalue weighted by Crippen LogP contribution is 2.22. The van der Waals surface area contributed by atoms with Gasteiger partial charge in [0.25, 0.3) is 5.91 Å². The third-order valence-electron chi connectivity index (χ3n) is 4.71. The van der Waals surface area contributed by atoms with Crippen LogP contribution in [0.2, 0.25) is 0 Å². The van der Waals surface area contributed by atoms with Crippen LogP contribution in [0.15, 0.2) is 42.6 Å². The molecule has 6 nitrogen and oxygen atoms in total. The molecule has 2 aromatic rings. The number of likely N-dealkylation sites (N-methyl/N-ethyl adjacent to an activating group) is 1. The number of hydrogen-bond acceptors (Lipinski definition) is 5. The highest BCUT2D eigenvalue weighted by Gasteiger charge is 2.26. The van der Waals surface area contributed by atoms with Crippen LogP contribution < -0.4 is 16.2 Å². The number of nitrogens with one attached hydrogen (secondary N) is 1. The second kappa shape index (κ2) is 7.63. The van der Waals surface area contributed by atoms with E-state index in [1.807, 2.05) is 6.07 Å². The van der Waals surface area contributed by atoms with Crippen molar-refractivity contribution in [2.45, 2.75) is 19.4 Å². The number of rotatable bonds is 4. The Morgan fingerprint density at radius 2 is 2.00 bits per heavy atom. The lowest BCUT2D eigenvalue weighted by molar-refractivity contribution is 0.0953. The summed E-state index contributed by atoms with van der Waals surface area (Å²) < 4.78 is 0. The largest absolute Gasteiger partial charge is 0.366 e. The molecular weight excluding hydrogens is 314 g/mol. The van der Waals surface area contributed by atoms with Gasteiger partial charge in [-0.2, -0.15) is 0 Å². The van der Waals surface area contributed by atoms with Crippen LogP contribution >= 0.6 is 0 Å². The molecule has 1 fully saturated rings. The fraction of sp³-hybridized carbons (Fsp3) is 0.368. The van der Waals surface area contributed by atoms with E-state index < -0.39 is 0 Å². The molecule has 132 valence electrons. The number of nitrogen functional groups attached to an aromatic ring is 1. The van der Waals surface area contributed by atoms with Gasteiger partial charge in [0, 0.05) is 49.7 Å². The summed E-state index contributed by atoms with van der Waals surface area (Å²) >= 11 is 0. The molecule has 2 heterocycles. The fourth-order valence-corrected chi connectivity index (χ4v) is 3.27. The van der Waals surface area contributed by atoms with E-state index in [2.05, 4.69) is 58.4 Å². The van der Waals surface area contributed by atoms with E-state index in [1.165, 1.54) is 11.3 Å². The van der Waals surface area contributed by atoms with Crippen molar-refractivity contribution in [2.75, 3.05) is 31.6 Å². The van der Waals surface area contributed by atoms with Gasteiger partial charge in [-0.15, -0.1) is 0 Å². The molecule has 3 N–H and O–H groups in total. The fourth-order valence-electron chi connectivity index (χ4n) is 3.27. The Kier molecular flexibility index (Phi) is 5.31. The first-order valence-electron chi connectivity index (χ1n) is 8.54. The molecule has 1 aliphatic heterocycles. The minimum absolute atomic E-state index is 0.322. The van der Waals surface area contributed by atoms with Gasteiger partial charge in [-0.3, -0.25) is 15.2 Å². The second-order valence-corrected chi connectivity index (χ2v) is 6.66. The average Bonchev–Trinajstić information content (AvgIpc) is 2.63. The standard InChI is InChI=1S/C19H25N5O/c1-14-3-7-17(8-4-14)24-10-9-23(2)13-18(24)11-16-6-5-15(12-21-16)19(25)22-20/h3-8,12,18H,9-11,13,20H2,1-2H3,(H,22,25). The van der Waals surface area contributed by atoms with E-state index in [-0.39, 0.29) is 5.91 Å². The number of anilines is 1. The lowest BCUT2D eigenvalue weighted by atomic mass is 10.0. The quantitative estimate of drug-likeness (QED) is 0.500. The number of carbonyl (C=O) groups excluding carboxylic acids is 1. The highest BCUT2D eigenvalue weighted by atomic mass is 16.2. The first-order valence-corrected chi connectivity index (χ1v) is 8.54. The summed E-state index contributed by atoms with van der Waals surface area (Å²) in [4.78, 5) is 20.8. The average molecular weight is 339 g/mol. The van der Waals surface area contributed by atoms with Gasteiger partial charge in [-0.1, -0.05) is 17.7 Å². The first kappa shape index (κ1) is 17.4. The summed E-state index contributed by atoms with van der Waals surface area (Å²) in [6.45, 7) is 5.14. The minimum atomic E-state index is -0.322. The zero-order chi connectivity index (χ0) is 17.8. The highest BCUT2D eigenvalue weighted by molar-refractivity contribution is 5.93. The van der Waals surface area contributed by atoms with Crippen molar-refractivity contribution in [1.82, 2.24) is 15.3 Å². The maximum Gasteiger partial charge on any atom is 0.266 e. The molecule has 1 aromatic carbocycles. The smallest absolute Gasteiger partial charge is 0.266 e. The van der Waals surface area contributed by atoms with Crippen molar-refractivity contribution < 1.29 is 4.79 Å². The molecule has 1 saturated heterocycles. The SMILES string of the molecule is Cc1ccc(N2CCN(C)CC2Cc2ccc(C(=O)NN)cn2)cc1. The molecule has 0 spiro atoms. The predicted octanol–water partition coefficient (Wildman–Crippen LogP) is 1.36. The number of hydrogen-bond donors (Lipinski definition) is 2. The van der Waals surface area contributed by atoms with Crippen molar-refractivity contribution >= 4 is 11.6 Å². The number of aromatic nitrogens is 1. The molecule has 1 amide bonds. The second-order valence-electron chi connectivity index (χ2n) is 6.66. The monoisotopic (exact) mass is 339 g/mol. The normalized spacial score (nSPS) is 18.2. The molecule has 0 bridgehead atoms. The van der Waals surface area contributed by atoms with E-state index in [1.54, 1.807) is 12.3 Å². The summed E-state index contributed by atoms with van der Waals surface area (Å²) in [5.74, 6) is 4.84. The minimum Gasteiger partial charge on any atom is -0.366 e. The van der Waals surface area contributed by atoms with Crippen molar-refractivity contribution in [3.8, 4) is 0 Å². The molecule has 1 atom stereocenters. The van der Waals surface area contributed by atoms with Gasteiger partial charge in [0.2, 0.25) is 0 Å². The van der Waals surface area contributed by atoms with Crippen LogP contribution in [-0.2, 0) is 6.42 Å². The predicted molar refractivity (Wildman–Crippen MR) is 99.4 cm³/mol. The van der Waals surface area contributed by atoms with Crippen LogP contribution in [0.25, 0.3) is 0 Å². The van der Waals surface area contributed by atoms with E-state index in [4.69, 9.17) is 5.84 Å². The summed E-state index contributed by atoms with van der Waals surface area (Å²) in [5.41, 5.74) is 6.10. The number of pyridine rings is 1. The van der Waals surface area contributed by atoms with Gasteiger partial charge in [-0.25, -0.2) is 5.84 Å². The van der Waals surface area contributed by atoms with Crippen LogP contribution in [-0.4, -0.2) is 48.5 Å². The van der Waals surface area contributed by atoms with E-state index in [0.717, 1.165) is 31.7 Å². The molecule has 3 rings (SSSR count). The van der Waals surface area contributed by atoms with Gasteiger partial charge in [0.05, 0.1) is 5.56 Å². The van der Waals surface area contributed by atoms with Gasteiger partial charge in [-0.05, 0) is 38.2 Å². The Morgan fingerprint density at radius 1 is 1.24 bits per heavy atom. The number of nitrogens with two attached hydrogens (primary N) is 1. The Hall–Kier alpha value is -2.44. The van der Waals surface area contributed by atoms with Crippen molar-refractivity contribution in [3.05, 3.63) is 59.4 Å². The van der Waals surface area contributed by atoms with Gasteiger partial charge >= 0.3 is 0 Å². The van der Waals surface area contributed by atoms with Gasteiger partial charge in [0.15, 0.2) is 0 Å². The summed E-state index contributed by atoms with van der Waals surface area (Å²) in [7, 11) is 2.15. The molecule has 0 aliphatic carbocycles. The maximum absolute atomic E-state index is 11.5. The number of amides is 1. The molecule has 25 heavy (non-hydrogen) atoms. The number of hydrazine groups is 1. The van der Waals surface area contributed by atoms with E-state index in [9.17, 15) is 4.79 Å².